The van der Waals surface area contributed by atoms with Crippen LogP contribution in [0.15, 0.2) is 29.2 Å². The summed E-state index contributed by atoms with van der Waals surface area (Å²) in [4.78, 5) is 0.694. The number of hydrogen-bond donors (Lipinski definition) is 1. The predicted molar refractivity (Wildman–Crippen MR) is 105 cm³/mol. The summed E-state index contributed by atoms with van der Waals surface area (Å²) in [6, 6.07) is 7.83. The minimum absolute atomic E-state index is 0.230. The smallest absolute Gasteiger partial charge is 0.115 e. The van der Waals surface area contributed by atoms with E-state index >= 15 is 0 Å². The van der Waals surface area contributed by atoms with Crippen LogP contribution in [0.1, 0.15) is 37.8 Å². The number of thiol groups is 1. The minimum atomic E-state index is 0.230. The summed E-state index contributed by atoms with van der Waals surface area (Å²) in [6.45, 7) is 8.46. The van der Waals surface area contributed by atoms with Crippen molar-refractivity contribution >= 4 is 50.3 Å². The maximum Gasteiger partial charge on any atom is 0.115 e. The van der Waals surface area contributed by atoms with E-state index in [1.54, 1.807) is 4.68 Å². The molecule has 4 radical (unpaired) electrons. The molecule has 0 aliphatic carbocycles. The molecule has 0 spiro atoms. The van der Waals surface area contributed by atoms with Crippen molar-refractivity contribution in [2.24, 2.45) is 5.92 Å². The fraction of sp³-hybridized carbons (Fsp3) is 0.333. The van der Waals surface area contributed by atoms with Gasteiger partial charge in [0, 0.05) is 4.90 Å². The molecule has 0 aliphatic rings. The third-order valence-electron chi connectivity index (χ3n) is 4.85. The molecule has 0 N–H and O–H groups in total. The van der Waals surface area contributed by atoms with Gasteiger partial charge in [-0.3, -0.25) is 0 Å². The molecule has 0 fully saturated rings. The maximum absolute atomic E-state index is 6.47. The van der Waals surface area contributed by atoms with Gasteiger partial charge in [0.1, 0.15) is 21.2 Å². The molecule has 3 rings (SSSR count). The van der Waals surface area contributed by atoms with Crippen molar-refractivity contribution in [1.82, 2.24) is 15.0 Å². The van der Waals surface area contributed by atoms with Gasteiger partial charge in [0.15, 0.2) is 0 Å². The zero-order valence-electron chi connectivity index (χ0n) is 14.4. The molecule has 3 nitrogen and oxygen atoms in total. The summed E-state index contributed by atoms with van der Waals surface area (Å²) in [5, 5.41) is 8.61. The van der Waals surface area contributed by atoms with Gasteiger partial charge < -0.3 is 0 Å². The first-order valence-electron chi connectivity index (χ1n) is 8.05. The monoisotopic (exact) mass is 331 g/mol. The Morgan fingerprint density at radius 2 is 1.75 bits per heavy atom. The molecule has 1 heterocycles. The van der Waals surface area contributed by atoms with E-state index in [0.29, 0.717) is 21.7 Å². The van der Waals surface area contributed by atoms with Crippen LogP contribution < -0.4 is 10.9 Å². The SMILES string of the molecule is [B]c1c(C)c([B])c(C(C)C(C)C)c(-n2nnc3ccccc32)c1S. The predicted octanol–water partition coefficient (Wildman–Crippen LogP) is 2.36. The van der Waals surface area contributed by atoms with Gasteiger partial charge in [0.25, 0.3) is 0 Å². The van der Waals surface area contributed by atoms with Crippen molar-refractivity contribution in [3.63, 3.8) is 0 Å². The first kappa shape index (κ1) is 17.2. The van der Waals surface area contributed by atoms with E-state index in [-0.39, 0.29) is 5.92 Å². The van der Waals surface area contributed by atoms with Crippen LogP contribution in [0.4, 0.5) is 0 Å². The average Bonchev–Trinajstić information content (AvgIpc) is 2.99. The second-order valence-electron chi connectivity index (χ2n) is 6.59. The molecule has 2 aromatic carbocycles. The minimum Gasteiger partial charge on any atom is -0.211 e. The van der Waals surface area contributed by atoms with Crippen LogP contribution >= 0.6 is 12.6 Å². The third-order valence-corrected chi connectivity index (χ3v) is 5.30. The van der Waals surface area contributed by atoms with Gasteiger partial charge in [-0.1, -0.05) is 54.6 Å². The van der Waals surface area contributed by atoms with Gasteiger partial charge in [-0.2, -0.15) is 0 Å². The number of para-hydroxylation sites is 1. The lowest BCUT2D eigenvalue weighted by Gasteiger charge is -2.27. The lowest BCUT2D eigenvalue weighted by Crippen LogP contribution is -2.30. The van der Waals surface area contributed by atoms with E-state index in [1.165, 1.54) is 0 Å². The molecule has 1 atom stereocenters. The van der Waals surface area contributed by atoms with Crippen molar-refractivity contribution < 1.29 is 0 Å². The summed E-state index contributed by atoms with van der Waals surface area (Å²) in [7, 11) is 12.7. The molecule has 0 saturated heterocycles. The van der Waals surface area contributed by atoms with Crippen LogP contribution in [0.25, 0.3) is 16.7 Å². The van der Waals surface area contributed by atoms with E-state index < -0.39 is 0 Å². The molecule has 1 aromatic heterocycles. The molecule has 1 unspecified atom stereocenters. The molecule has 0 aliphatic heterocycles. The van der Waals surface area contributed by atoms with Crippen LogP contribution in [-0.2, 0) is 0 Å². The van der Waals surface area contributed by atoms with Crippen molar-refractivity contribution in [2.75, 3.05) is 0 Å². The van der Waals surface area contributed by atoms with Crippen LogP contribution in [0, 0.1) is 12.8 Å². The molecule has 3 aromatic rings. The Hall–Kier alpha value is -1.68. The molecule has 0 saturated carbocycles. The number of nitrogens with zero attached hydrogens (tertiary/aromatic N) is 3. The van der Waals surface area contributed by atoms with Crippen molar-refractivity contribution in [3.05, 3.63) is 35.4 Å². The normalized spacial score (nSPS) is 12.9. The lowest BCUT2D eigenvalue weighted by molar-refractivity contribution is 0.533. The van der Waals surface area contributed by atoms with Crippen LogP contribution in [-0.4, -0.2) is 30.7 Å². The average molecular weight is 331 g/mol. The van der Waals surface area contributed by atoms with Gasteiger partial charge in [-0.25, -0.2) is 4.68 Å². The number of rotatable bonds is 3. The van der Waals surface area contributed by atoms with Gasteiger partial charge in [0.2, 0.25) is 0 Å². The van der Waals surface area contributed by atoms with Crippen molar-refractivity contribution in [3.8, 4) is 5.69 Å². The molecule has 24 heavy (non-hydrogen) atoms. The first-order chi connectivity index (χ1) is 11.3. The second-order valence-corrected chi connectivity index (χ2v) is 7.03. The van der Waals surface area contributed by atoms with Crippen LogP contribution in [0.3, 0.4) is 0 Å². The topological polar surface area (TPSA) is 30.7 Å². The Labute approximate surface area is 151 Å². The molecule has 0 bridgehead atoms. The fourth-order valence-electron chi connectivity index (χ4n) is 2.95. The Morgan fingerprint density at radius 1 is 1.08 bits per heavy atom. The Balaban J connectivity index is 2.42. The van der Waals surface area contributed by atoms with Crippen molar-refractivity contribution in [1.29, 1.82) is 0 Å². The maximum atomic E-state index is 6.47. The number of benzene rings is 2. The molecule has 118 valence electrons. The number of fused-ring (bicyclic) bond motifs is 1. The van der Waals surface area contributed by atoms with Gasteiger partial charge >= 0.3 is 0 Å². The van der Waals surface area contributed by atoms with E-state index in [2.05, 4.69) is 31.1 Å². The summed E-state index contributed by atoms with van der Waals surface area (Å²) < 4.78 is 1.80. The second kappa shape index (κ2) is 6.32. The van der Waals surface area contributed by atoms with E-state index in [1.807, 2.05) is 31.2 Å². The van der Waals surface area contributed by atoms with Crippen LogP contribution in [0.2, 0.25) is 0 Å². The van der Waals surface area contributed by atoms with Gasteiger partial charge in [-0.15, -0.1) is 17.7 Å². The highest BCUT2D eigenvalue weighted by atomic mass is 32.1. The highest BCUT2D eigenvalue weighted by molar-refractivity contribution is 7.80. The number of hydrogen-bond acceptors (Lipinski definition) is 3. The van der Waals surface area contributed by atoms with Crippen molar-refractivity contribution in [2.45, 2.75) is 38.5 Å². The van der Waals surface area contributed by atoms with E-state index in [0.717, 1.165) is 27.8 Å². The van der Waals surface area contributed by atoms with E-state index in [4.69, 9.17) is 28.3 Å². The standard InChI is InChI=1S/C18H19B2N3S/c1-9(2)10(3)14-15(19)11(4)16(20)18(24)17(14)23-13-8-6-5-7-12(13)21-22-23/h5-10,24H,1-4H3. The first-order valence-corrected chi connectivity index (χ1v) is 8.50. The van der Waals surface area contributed by atoms with Crippen LogP contribution in [0.5, 0.6) is 0 Å². The molecular weight excluding hydrogens is 312 g/mol. The Morgan fingerprint density at radius 3 is 2.42 bits per heavy atom. The fourth-order valence-corrected chi connectivity index (χ4v) is 3.33. The molecule has 0 amide bonds. The highest BCUT2D eigenvalue weighted by Crippen LogP contribution is 2.32. The Kier molecular flexibility index (Phi) is 4.52. The zero-order chi connectivity index (χ0) is 17.6. The molecular formula is C18H19B2N3S. The summed E-state index contributed by atoms with van der Waals surface area (Å²) in [5.41, 5.74) is 5.76. The molecule has 6 heteroatoms. The zero-order valence-corrected chi connectivity index (χ0v) is 15.3. The lowest BCUT2D eigenvalue weighted by atomic mass is 9.73. The summed E-state index contributed by atoms with van der Waals surface area (Å²) in [6.07, 6.45) is 0. The quantitative estimate of drug-likeness (QED) is 0.590. The van der Waals surface area contributed by atoms with Gasteiger partial charge in [0.05, 0.1) is 11.2 Å². The Bertz CT molecular complexity index is 918. The summed E-state index contributed by atoms with van der Waals surface area (Å²) >= 11 is 4.70. The number of aromatic nitrogens is 3. The van der Waals surface area contributed by atoms with E-state index in [9.17, 15) is 0 Å². The highest BCUT2D eigenvalue weighted by Gasteiger charge is 2.24. The summed E-state index contributed by atoms with van der Waals surface area (Å²) in [5.74, 6) is 0.643. The largest absolute Gasteiger partial charge is 0.211 e. The third kappa shape index (κ3) is 2.57. The van der Waals surface area contributed by atoms with Gasteiger partial charge in [-0.05, 0) is 36.5 Å².